The topological polar surface area (TPSA) is 57.0 Å². The van der Waals surface area contributed by atoms with Gasteiger partial charge in [-0.25, -0.2) is 9.97 Å². The van der Waals surface area contributed by atoms with Crippen LogP contribution in [-0.2, 0) is 13.2 Å². The molecule has 1 aliphatic rings. The zero-order chi connectivity index (χ0) is 21.9. The van der Waals surface area contributed by atoms with E-state index >= 15 is 0 Å². The molecule has 5 nitrogen and oxygen atoms in total. The van der Waals surface area contributed by atoms with Gasteiger partial charge in [0.05, 0.1) is 6.54 Å². The molecule has 0 spiro atoms. The van der Waals surface area contributed by atoms with Crippen molar-refractivity contribution >= 4 is 0 Å². The summed E-state index contributed by atoms with van der Waals surface area (Å²) < 4.78 is 7.47. The summed E-state index contributed by atoms with van der Waals surface area (Å²) in [5.74, 6) is 1.88. The fraction of sp³-hybridized carbons (Fsp3) is 0.222. The fourth-order valence-corrected chi connectivity index (χ4v) is 3.89. The Balaban J connectivity index is 1.27. The predicted octanol–water partition coefficient (Wildman–Crippen LogP) is 5.12. The van der Waals surface area contributed by atoms with Crippen LogP contribution in [0, 0.1) is 6.92 Å². The molecule has 1 aliphatic carbocycles. The van der Waals surface area contributed by atoms with Gasteiger partial charge in [0.15, 0.2) is 5.82 Å². The second kappa shape index (κ2) is 8.79. The minimum Gasteiger partial charge on any atom is -0.485 e. The molecule has 160 valence electrons. The van der Waals surface area contributed by atoms with Gasteiger partial charge in [0.2, 0.25) is 0 Å². The van der Waals surface area contributed by atoms with E-state index < -0.39 is 0 Å². The summed E-state index contributed by atoms with van der Waals surface area (Å²) in [6, 6.07) is 22.5. The van der Waals surface area contributed by atoms with E-state index in [1.54, 1.807) is 23.0 Å². The fourth-order valence-electron chi connectivity index (χ4n) is 3.89. The van der Waals surface area contributed by atoms with Crippen molar-refractivity contribution < 1.29 is 4.74 Å². The van der Waals surface area contributed by atoms with Gasteiger partial charge in [-0.3, -0.25) is 4.79 Å². The zero-order valence-corrected chi connectivity index (χ0v) is 18.1. The molecule has 1 saturated carbocycles. The van der Waals surface area contributed by atoms with Crippen molar-refractivity contribution in [2.24, 2.45) is 0 Å². The van der Waals surface area contributed by atoms with Crippen molar-refractivity contribution in [1.82, 2.24) is 14.5 Å². The second-order valence-corrected chi connectivity index (χ2v) is 8.30. The molecule has 0 unspecified atom stereocenters. The third-order valence-corrected chi connectivity index (χ3v) is 5.88. The first-order valence-electron chi connectivity index (χ1n) is 11.0. The van der Waals surface area contributed by atoms with E-state index in [0.29, 0.717) is 18.1 Å². The molecule has 2 aromatic carbocycles. The van der Waals surface area contributed by atoms with Crippen LogP contribution in [0.15, 0.2) is 83.9 Å². The Bertz CT molecular complexity index is 1260. The Morgan fingerprint density at radius 2 is 1.59 bits per heavy atom. The van der Waals surface area contributed by atoms with Gasteiger partial charge >= 0.3 is 0 Å². The lowest BCUT2D eigenvalue weighted by molar-refractivity contribution is 0.294. The number of hydrogen-bond donors (Lipinski definition) is 0. The maximum atomic E-state index is 12.7. The monoisotopic (exact) mass is 423 g/mol. The molecular formula is C27H25N3O2. The van der Waals surface area contributed by atoms with E-state index in [4.69, 9.17) is 4.74 Å². The smallest absolute Gasteiger partial charge is 0.254 e. The number of rotatable bonds is 7. The van der Waals surface area contributed by atoms with Gasteiger partial charge < -0.3 is 9.30 Å². The van der Waals surface area contributed by atoms with Crippen LogP contribution in [0.1, 0.15) is 41.4 Å². The minimum atomic E-state index is -0.0891. The second-order valence-electron chi connectivity index (χ2n) is 8.30. The number of pyridine rings is 1. The van der Waals surface area contributed by atoms with Crippen LogP contribution in [0.5, 0.6) is 5.75 Å². The lowest BCUT2D eigenvalue weighted by Gasteiger charge is -2.13. The molecule has 0 radical (unpaired) electrons. The molecule has 0 atom stereocenters. The van der Waals surface area contributed by atoms with Gasteiger partial charge in [-0.1, -0.05) is 48.5 Å². The van der Waals surface area contributed by atoms with E-state index in [-0.39, 0.29) is 12.2 Å². The molecule has 0 aliphatic heterocycles. The highest BCUT2D eigenvalue weighted by molar-refractivity contribution is 5.64. The average Bonchev–Trinajstić information content (AvgIpc) is 3.67. The summed E-state index contributed by atoms with van der Waals surface area (Å²) in [6.07, 6.45) is 5.98. The average molecular weight is 424 g/mol. The number of benzene rings is 2. The normalized spacial score (nSPS) is 13.2. The van der Waals surface area contributed by atoms with Crippen LogP contribution in [0.4, 0.5) is 0 Å². The molecule has 2 heterocycles. The minimum absolute atomic E-state index is 0.0891. The molecule has 0 amide bonds. The highest BCUT2D eigenvalue weighted by Crippen LogP contribution is 2.40. The molecule has 2 aromatic heterocycles. The Kier molecular flexibility index (Phi) is 5.55. The molecule has 0 N–H and O–H groups in total. The lowest BCUT2D eigenvalue weighted by atomic mass is 10.0. The van der Waals surface area contributed by atoms with Gasteiger partial charge in [0.1, 0.15) is 12.4 Å². The van der Waals surface area contributed by atoms with Gasteiger partial charge in [0.25, 0.3) is 5.56 Å². The summed E-state index contributed by atoms with van der Waals surface area (Å²) in [5, 5.41) is 0. The SMILES string of the molecule is Cc1cc(OCc2ncccn2)cc(=O)n1Cc1ccc(-c2ccc(C3CC3)cc2)cc1. The van der Waals surface area contributed by atoms with E-state index in [2.05, 4.69) is 58.5 Å². The molecule has 0 saturated heterocycles. The predicted molar refractivity (Wildman–Crippen MR) is 125 cm³/mol. The van der Waals surface area contributed by atoms with E-state index in [0.717, 1.165) is 17.2 Å². The Morgan fingerprint density at radius 3 is 2.22 bits per heavy atom. The van der Waals surface area contributed by atoms with Crippen LogP contribution in [0.3, 0.4) is 0 Å². The molecule has 4 aromatic rings. The molecular weight excluding hydrogens is 398 g/mol. The van der Waals surface area contributed by atoms with Crippen molar-refractivity contribution in [2.75, 3.05) is 0 Å². The highest BCUT2D eigenvalue weighted by atomic mass is 16.5. The van der Waals surface area contributed by atoms with Crippen molar-refractivity contribution in [2.45, 2.75) is 38.8 Å². The van der Waals surface area contributed by atoms with Crippen molar-refractivity contribution in [1.29, 1.82) is 0 Å². The maximum absolute atomic E-state index is 12.7. The zero-order valence-electron chi connectivity index (χ0n) is 18.1. The van der Waals surface area contributed by atoms with Crippen LogP contribution in [-0.4, -0.2) is 14.5 Å². The highest BCUT2D eigenvalue weighted by Gasteiger charge is 2.22. The van der Waals surface area contributed by atoms with E-state index in [9.17, 15) is 4.79 Å². The van der Waals surface area contributed by atoms with Gasteiger partial charge in [-0.15, -0.1) is 0 Å². The van der Waals surface area contributed by atoms with Crippen LogP contribution < -0.4 is 10.3 Å². The quantitative estimate of drug-likeness (QED) is 0.414. The molecule has 1 fully saturated rings. The first-order chi connectivity index (χ1) is 15.7. The lowest BCUT2D eigenvalue weighted by Crippen LogP contribution is -2.22. The first kappa shape index (κ1) is 20.2. The molecule has 5 rings (SSSR count). The first-order valence-corrected chi connectivity index (χ1v) is 11.0. The van der Waals surface area contributed by atoms with Crippen LogP contribution in [0.2, 0.25) is 0 Å². The summed E-state index contributed by atoms with van der Waals surface area (Å²) in [6.45, 7) is 2.67. The molecule has 5 heteroatoms. The van der Waals surface area contributed by atoms with Gasteiger partial charge in [0, 0.05) is 24.2 Å². The number of aryl methyl sites for hydroxylation is 1. The van der Waals surface area contributed by atoms with E-state index in [1.165, 1.54) is 35.6 Å². The largest absolute Gasteiger partial charge is 0.485 e. The maximum Gasteiger partial charge on any atom is 0.254 e. The van der Waals surface area contributed by atoms with Gasteiger partial charge in [-0.2, -0.15) is 0 Å². The van der Waals surface area contributed by atoms with Crippen molar-refractivity contribution in [3.63, 3.8) is 0 Å². The third-order valence-electron chi connectivity index (χ3n) is 5.88. The van der Waals surface area contributed by atoms with Crippen LogP contribution in [0.25, 0.3) is 11.1 Å². The Morgan fingerprint density at radius 1 is 0.938 bits per heavy atom. The summed E-state index contributed by atoms with van der Waals surface area (Å²) >= 11 is 0. The Hall–Kier alpha value is -3.73. The van der Waals surface area contributed by atoms with Crippen molar-refractivity contribution in [3.8, 4) is 16.9 Å². The summed E-state index contributed by atoms with van der Waals surface area (Å²) in [4.78, 5) is 21.0. The standard InChI is InChI=1S/C27H25N3O2/c1-19-15-25(32-18-26-28-13-2-14-29-26)16-27(31)30(19)17-20-3-5-21(6-4-20)22-7-9-23(10-8-22)24-11-12-24/h2-10,13-16,24H,11-12,17-18H2,1H3. The summed E-state index contributed by atoms with van der Waals surface area (Å²) in [5.41, 5.74) is 5.70. The van der Waals surface area contributed by atoms with Gasteiger partial charge in [-0.05, 0) is 60.1 Å². The summed E-state index contributed by atoms with van der Waals surface area (Å²) in [7, 11) is 0. The van der Waals surface area contributed by atoms with E-state index in [1.807, 2.05) is 13.0 Å². The van der Waals surface area contributed by atoms with Crippen LogP contribution >= 0.6 is 0 Å². The molecule has 32 heavy (non-hydrogen) atoms. The number of hydrogen-bond acceptors (Lipinski definition) is 4. The van der Waals surface area contributed by atoms with Crippen molar-refractivity contribution in [3.05, 3.63) is 112 Å². The Labute approximate surface area is 187 Å². The molecule has 0 bridgehead atoms. The number of ether oxygens (including phenoxy) is 1. The number of nitrogens with zero attached hydrogens (tertiary/aromatic N) is 3. The number of aromatic nitrogens is 3. The third kappa shape index (κ3) is 4.62.